The van der Waals surface area contributed by atoms with Crippen molar-refractivity contribution in [2.24, 2.45) is 5.92 Å². The van der Waals surface area contributed by atoms with Crippen molar-refractivity contribution >= 4 is 16.8 Å². The fourth-order valence-electron chi connectivity index (χ4n) is 2.18. The Morgan fingerprint density at radius 2 is 2.14 bits per heavy atom. The summed E-state index contributed by atoms with van der Waals surface area (Å²) in [6.07, 6.45) is 1.58. The van der Waals surface area contributed by atoms with Gasteiger partial charge in [0.25, 0.3) is 5.91 Å². The van der Waals surface area contributed by atoms with Gasteiger partial charge in [0.1, 0.15) is 0 Å². The van der Waals surface area contributed by atoms with Crippen molar-refractivity contribution in [1.82, 2.24) is 15.5 Å². The number of benzene rings is 1. The summed E-state index contributed by atoms with van der Waals surface area (Å²) in [5.41, 5.74) is 0.297. The Morgan fingerprint density at radius 1 is 1.43 bits per heavy atom. The van der Waals surface area contributed by atoms with Gasteiger partial charge in [-0.3, -0.25) is 9.89 Å². The summed E-state index contributed by atoms with van der Waals surface area (Å²) in [5.74, 6) is 0.264. The first-order valence-electron chi connectivity index (χ1n) is 7.33. The van der Waals surface area contributed by atoms with Gasteiger partial charge in [0.15, 0.2) is 5.69 Å². The third-order valence-electron chi connectivity index (χ3n) is 3.58. The number of fused-ring (bicyclic) bond motifs is 1. The van der Waals surface area contributed by atoms with E-state index in [1.165, 1.54) is 0 Å². The standard InChI is InChI=1S/C16H23N3O2/c1-11(2)8-9-16(3,21)10-17-15(20)14-12-6-4-5-7-13(12)18-19-14/h4-7,11,21H,8-10H2,1-3H3,(H,17,20)(H,18,19). The van der Waals surface area contributed by atoms with Gasteiger partial charge in [-0.05, 0) is 31.7 Å². The number of aromatic nitrogens is 2. The Balaban J connectivity index is 1.98. The number of para-hydroxylation sites is 1. The molecule has 0 saturated heterocycles. The molecule has 1 aromatic heterocycles. The van der Waals surface area contributed by atoms with Crippen LogP contribution in [0.4, 0.5) is 0 Å². The number of carbonyl (C=O) groups is 1. The molecule has 0 fully saturated rings. The molecule has 2 aromatic rings. The normalized spacial score (nSPS) is 14.3. The fourth-order valence-corrected chi connectivity index (χ4v) is 2.18. The molecule has 0 saturated carbocycles. The minimum Gasteiger partial charge on any atom is -0.388 e. The van der Waals surface area contributed by atoms with Crippen molar-refractivity contribution in [1.29, 1.82) is 0 Å². The molecular weight excluding hydrogens is 266 g/mol. The summed E-state index contributed by atoms with van der Waals surface area (Å²) in [4.78, 5) is 12.2. The van der Waals surface area contributed by atoms with Crippen LogP contribution >= 0.6 is 0 Å². The maximum absolute atomic E-state index is 12.2. The topological polar surface area (TPSA) is 78.0 Å². The fraction of sp³-hybridized carbons (Fsp3) is 0.500. The van der Waals surface area contributed by atoms with Gasteiger partial charge in [-0.25, -0.2) is 0 Å². The van der Waals surface area contributed by atoms with Crippen molar-refractivity contribution in [2.75, 3.05) is 6.54 Å². The highest BCUT2D eigenvalue weighted by Crippen LogP contribution is 2.17. The summed E-state index contributed by atoms with van der Waals surface area (Å²) in [6, 6.07) is 7.48. The van der Waals surface area contributed by atoms with Crippen molar-refractivity contribution in [3.05, 3.63) is 30.0 Å². The zero-order valence-corrected chi connectivity index (χ0v) is 12.8. The molecular formula is C16H23N3O2. The van der Waals surface area contributed by atoms with Gasteiger partial charge in [-0.2, -0.15) is 5.10 Å². The van der Waals surface area contributed by atoms with Crippen LogP contribution in [0, 0.1) is 5.92 Å². The third-order valence-corrected chi connectivity index (χ3v) is 3.58. The number of aliphatic hydroxyl groups is 1. The lowest BCUT2D eigenvalue weighted by Crippen LogP contribution is -2.41. The SMILES string of the molecule is CC(C)CCC(C)(O)CNC(=O)c1n[nH]c2ccccc12. The maximum atomic E-state index is 12.2. The van der Waals surface area contributed by atoms with Crippen LogP contribution in [-0.4, -0.2) is 33.4 Å². The first-order valence-corrected chi connectivity index (χ1v) is 7.33. The van der Waals surface area contributed by atoms with Crippen molar-refractivity contribution in [3.8, 4) is 0 Å². The number of rotatable bonds is 6. The second-order valence-electron chi connectivity index (χ2n) is 6.23. The van der Waals surface area contributed by atoms with E-state index >= 15 is 0 Å². The van der Waals surface area contributed by atoms with E-state index in [2.05, 4.69) is 29.4 Å². The Labute approximate surface area is 124 Å². The van der Waals surface area contributed by atoms with Crippen LogP contribution in [0.2, 0.25) is 0 Å². The molecule has 0 aliphatic carbocycles. The van der Waals surface area contributed by atoms with Gasteiger partial charge in [-0.15, -0.1) is 0 Å². The van der Waals surface area contributed by atoms with E-state index in [0.29, 0.717) is 18.0 Å². The smallest absolute Gasteiger partial charge is 0.272 e. The molecule has 0 radical (unpaired) electrons. The predicted octanol–water partition coefficient (Wildman–Crippen LogP) is 2.48. The zero-order valence-electron chi connectivity index (χ0n) is 12.8. The lowest BCUT2D eigenvalue weighted by atomic mass is 9.95. The minimum atomic E-state index is -0.897. The summed E-state index contributed by atoms with van der Waals surface area (Å²) < 4.78 is 0. The molecule has 3 N–H and O–H groups in total. The molecule has 0 aliphatic heterocycles. The summed E-state index contributed by atoms with van der Waals surface area (Å²) in [6.45, 7) is 6.20. The van der Waals surface area contributed by atoms with Crippen LogP contribution in [-0.2, 0) is 0 Å². The molecule has 2 rings (SSSR count). The highest BCUT2D eigenvalue weighted by molar-refractivity contribution is 6.04. The van der Waals surface area contributed by atoms with Crippen molar-refractivity contribution in [2.45, 2.75) is 39.2 Å². The highest BCUT2D eigenvalue weighted by atomic mass is 16.3. The number of nitrogens with zero attached hydrogens (tertiary/aromatic N) is 1. The average Bonchev–Trinajstić information content (AvgIpc) is 2.87. The van der Waals surface area contributed by atoms with Gasteiger partial charge < -0.3 is 10.4 Å². The van der Waals surface area contributed by atoms with Gasteiger partial charge in [0.05, 0.1) is 11.1 Å². The third kappa shape index (κ3) is 4.04. The Hall–Kier alpha value is -1.88. The highest BCUT2D eigenvalue weighted by Gasteiger charge is 2.23. The van der Waals surface area contributed by atoms with E-state index in [4.69, 9.17) is 0 Å². The first-order chi connectivity index (χ1) is 9.89. The lowest BCUT2D eigenvalue weighted by molar-refractivity contribution is 0.0428. The number of H-pyrrole nitrogens is 1. The van der Waals surface area contributed by atoms with Gasteiger partial charge >= 0.3 is 0 Å². The summed E-state index contributed by atoms with van der Waals surface area (Å²) >= 11 is 0. The summed E-state index contributed by atoms with van der Waals surface area (Å²) in [5, 5.41) is 20.7. The van der Waals surface area contributed by atoms with E-state index in [1.807, 2.05) is 24.3 Å². The number of hydrogen-bond donors (Lipinski definition) is 3. The van der Waals surface area contributed by atoms with E-state index in [1.54, 1.807) is 6.92 Å². The predicted molar refractivity (Wildman–Crippen MR) is 83.1 cm³/mol. The van der Waals surface area contributed by atoms with Crippen molar-refractivity contribution in [3.63, 3.8) is 0 Å². The zero-order chi connectivity index (χ0) is 15.5. The van der Waals surface area contributed by atoms with Gasteiger partial charge in [0.2, 0.25) is 0 Å². The Bertz CT molecular complexity index is 617. The van der Waals surface area contributed by atoms with Gasteiger partial charge in [-0.1, -0.05) is 32.0 Å². The molecule has 1 aromatic carbocycles. The molecule has 1 atom stereocenters. The Morgan fingerprint density at radius 3 is 2.86 bits per heavy atom. The minimum absolute atomic E-state index is 0.222. The molecule has 0 spiro atoms. The van der Waals surface area contributed by atoms with Crippen LogP contribution in [0.15, 0.2) is 24.3 Å². The molecule has 114 valence electrons. The number of carbonyl (C=O) groups excluding carboxylic acids is 1. The number of amides is 1. The molecule has 1 unspecified atom stereocenters. The van der Waals surface area contributed by atoms with Crippen molar-refractivity contribution < 1.29 is 9.90 Å². The van der Waals surface area contributed by atoms with Crippen LogP contribution in [0.1, 0.15) is 44.1 Å². The van der Waals surface area contributed by atoms with Crippen LogP contribution in [0.3, 0.4) is 0 Å². The lowest BCUT2D eigenvalue weighted by Gasteiger charge is -2.24. The molecule has 0 aliphatic rings. The van der Waals surface area contributed by atoms with Gasteiger partial charge in [0, 0.05) is 11.9 Å². The van der Waals surface area contributed by atoms with Crippen LogP contribution in [0.5, 0.6) is 0 Å². The monoisotopic (exact) mass is 289 g/mol. The van der Waals surface area contributed by atoms with E-state index in [0.717, 1.165) is 17.3 Å². The molecule has 1 heterocycles. The average molecular weight is 289 g/mol. The Kier molecular flexibility index (Phi) is 4.63. The van der Waals surface area contributed by atoms with Crippen LogP contribution < -0.4 is 5.32 Å². The molecule has 21 heavy (non-hydrogen) atoms. The van der Waals surface area contributed by atoms with E-state index in [-0.39, 0.29) is 12.5 Å². The number of aromatic amines is 1. The first kappa shape index (κ1) is 15.5. The number of hydrogen-bond acceptors (Lipinski definition) is 3. The largest absolute Gasteiger partial charge is 0.388 e. The summed E-state index contributed by atoms with van der Waals surface area (Å²) in [7, 11) is 0. The van der Waals surface area contributed by atoms with E-state index < -0.39 is 5.60 Å². The quantitative estimate of drug-likeness (QED) is 0.764. The molecule has 5 heteroatoms. The van der Waals surface area contributed by atoms with Crippen LogP contribution in [0.25, 0.3) is 10.9 Å². The molecule has 0 bridgehead atoms. The molecule has 5 nitrogen and oxygen atoms in total. The number of nitrogens with one attached hydrogen (secondary N) is 2. The second kappa shape index (κ2) is 6.26. The maximum Gasteiger partial charge on any atom is 0.272 e. The molecule has 1 amide bonds. The van der Waals surface area contributed by atoms with E-state index in [9.17, 15) is 9.90 Å². The second-order valence-corrected chi connectivity index (χ2v) is 6.23.